The summed E-state index contributed by atoms with van der Waals surface area (Å²) < 4.78 is 17.4. The Morgan fingerprint density at radius 1 is 0.943 bits per heavy atom. The highest BCUT2D eigenvalue weighted by Crippen LogP contribution is 2.32. The number of aliphatic hydroxyl groups excluding tert-OH is 4. The maximum absolute atomic E-state index is 10.4. The van der Waals surface area contributed by atoms with E-state index in [2.05, 4.69) is 10.2 Å². The third-order valence-corrected chi connectivity index (χ3v) is 6.14. The van der Waals surface area contributed by atoms with Gasteiger partial charge in [0.15, 0.2) is 0 Å². The number of hydrogen-bond acceptors (Lipinski definition) is 8. The Kier molecular flexibility index (Phi) is 8.04. The second kappa shape index (κ2) is 11.2. The molecule has 0 aliphatic carbocycles. The molecule has 1 aliphatic rings. The van der Waals surface area contributed by atoms with E-state index >= 15 is 0 Å². The molecule has 5 atom stereocenters. The van der Waals surface area contributed by atoms with Crippen LogP contribution in [0, 0.1) is 0 Å². The molecule has 0 spiro atoms. The topological polar surface area (TPSA) is 137 Å². The Labute approximate surface area is 203 Å². The summed E-state index contributed by atoms with van der Waals surface area (Å²) in [6.07, 6.45) is -6.42. The summed E-state index contributed by atoms with van der Waals surface area (Å²) in [7, 11) is 0. The van der Waals surface area contributed by atoms with E-state index < -0.39 is 37.3 Å². The molecule has 3 aromatic rings. The third kappa shape index (κ3) is 5.66. The summed E-state index contributed by atoms with van der Waals surface area (Å²) in [5, 5.41) is 47.4. The summed E-state index contributed by atoms with van der Waals surface area (Å²) in [6, 6.07) is 17.5. The second-order valence-electron chi connectivity index (χ2n) is 8.94. The van der Waals surface area contributed by atoms with Gasteiger partial charge in [0.25, 0.3) is 0 Å². The van der Waals surface area contributed by atoms with Crippen LogP contribution in [0.4, 0.5) is 0 Å². The lowest BCUT2D eigenvalue weighted by Gasteiger charge is -2.39. The van der Waals surface area contributed by atoms with Crippen molar-refractivity contribution in [3.63, 3.8) is 0 Å². The van der Waals surface area contributed by atoms with Gasteiger partial charge >= 0.3 is 0 Å². The van der Waals surface area contributed by atoms with Crippen LogP contribution in [0.3, 0.4) is 0 Å². The quantitative estimate of drug-likeness (QED) is 0.311. The Morgan fingerprint density at radius 3 is 2.31 bits per heavy atom. The number of para-hydroxylation sites is 1. The van der Waals surface area contributed by atoms with E-state index in [0.717, 1.165) is 28.1 Å². The van der Waals surface area contributed by atoms with Crippen LogP contribution in [0.25, 0.3) is 0 Å². The molecule has 0 radical (unpaired) electrons. The number of benzene rings is 2. The number of aromatic nitrogens is 2. The molecule has 2 aromatic carbocycles. The summed E-state index contributed by atoms with van der Waals surface area (Å²) >= 11 is 0. The molecular formula is C26H32N2O7. The number of aliphatic hydroxyl groups is 4. The van der Waals surface area contributed by atoms with Crippen molar-refractivity contribution < 1.29 is 34.6 Å². The normalized spacial score (nSPS) is 24.5. The van der Waals surface area contributed by atoms with Crippen molar-refractivity contribution in [2.45, 2.75) is 63.5 Å². The average Bonchev–Trinajstić information content (AvgIpc) is 3.26. The fourth-order valence-corrected chi connectivity index (χ4v) is 4.12. The van der Waals surface area contributed by atoms with Crippen molar-refractivity contribution in [3.05, 3.63) is 77.0 Å². The molecule has 5 N–H and O–H groups in total. The summed E-state index contributed by atoms with van der Waals surface area (Å²) in [4.78, 5) is 0. The molecule has 0 amide bonds. The number of aromatic amines is 1. The van der Waals surface area contributed by atoms with Crippen molar-refractivity contribution in [2.75, 3.05) is 6.61 Å². The predicted octanol–water partition coefficient (Wildman–Crippen LogP) is 1.88. The molecule has 0 bridgehead atoms. The molecule has 0 saturated carbocycles. The summed E-state index contributed by atoms with van der Waals surface area (Å²) in [5.74, 6) is 1.11. The minimum Gasteiger partial charge on any atom is -0.489 e. The number of rotatable bonds is 9. The summed E-state index contributed by atoms with van der Waals surface area (Å²) in [6.45, 7) is 3.90. The highest BCUT2D eigenvalue weighted by atomic mass is 16.7. The zero-order chi connectivity index (χ0) is 24.9. The van der Waals surface area contributed by atoms with Gasteiger partial charge in [-0.3, -0.25) is 5.10 Å². The molecule has 2 heterocycles. The molecule has 4 rings (SSSR count). The van der Waals surface area contributed by atoms with Crippen LogP contribution < -0.4 is 9.47 Å². The third-order valence-electron chi connectivity index (χ3n) is 6.14. The first-order valence-electron chi connectivity index (χ1n) is 11.7. The molecule has 188 valence electrons. The van der Waals surface area contributed by atoms with Crippen molar-refractivity contribution in [1.82, 2.24) is 10.2 Å². The maximum Gasteiger partial charge on any atom is 0.238 e. The molecule has 9 nitrogen and oxygen atoms in total. The predicted molar refractivity (Wildman–Crippen MR) is 127 cm³/mol. The van der Waals surface area contributed by atoms with Gasteiger partial charge < -0.3 is 34.6 Å². The second-order valence-corrected chi connectivity index (χ2v) is 8.94. The zero-order valence-electron chi connectivity index (χ0n) is 19.7. The lowest BCUT2D eigenvalue weighted by Crippen LogP contribution is -2.60. The molecule has 0 unspecified atom stereocenters. The molecule has 1 saturated heterocycles. The molecule has 1 fully saturated rings. The minimum absolute atomic E-state index is 0.109. The number of nitrogens with one attached hydrogen (secondary N) is 1. The van der Waals surface area contributed by atoms with Gasteiger partial charge in [0.2, 0.25) is 12.2 Å². The first-order valence-corrected chi connectivity index (χ1v) is 11.7. The number of nitrogens with zero attached hydrogens (tertiary/aromatic N) is 1. The fourth-order valence-electron chi connectivity index (χ4n) is 4.12. The molecule has 35 heavy (non-hydrogen) atoms. The van der Waals surface area contributed by atoms with Crippen LogP contribution in [0.15, 0.2) is 54.6 Å². The average molecular weight is 485 g/mol. The SMILES string of the molecule is CC(C)c1[nH]nc(O[C@@H]2O[C@H](CO)[C@@H](O)[C@H](O)[C@H]2O)c1Cc1ccccc1COc1ccccc1. The Bertz CT molecular complexity index is 1090. The van der Waals surface area contributed by atoms with E-state index in [0.29, 0.717) is 13.0 Å². The van der Waals surface area contributed by atoms with Crippen molar-refractivity contribution in [3.8, 4) is 11.6 Å². The summed E-state index contributed by atoms with van der Waals surface area (Å²) in [5.41, 5.74) is 3.67. The van der Waals surface area contributed by atoms with Crippen LogP contribution >= 0.6 is 0 Å². The van der Waals surface area contributed by atoms with Gasteiger partial charge in [0.1, 0.15) is 36.8 Å². The van der Waals surface area contributed by atoms with E-state index in [4.69, 9.17) is 14.2 Å². The van der Waals surface area contributed by atoms with Gasteiger partial charge in [0.05, 0.1) is 6.61 Å². The van der Waals surface area contributed by atoms with Crippen LogP contribution in [0.5, 0.6) is 11.6 Å². The minimum atomic E-state index is -1.53. The molecule has 1 aromatic heterocycles. The van der Waals surface area contributed by atoms with Gasteiger partial charge in [-0.1, -0.05) is 56.3 Å². The smallest absolute Gasteiger partial charge is 0.238 e. The first kappa shape index (κ1) is 25.2. The standard InChI is InChI=1S/C26H32N2O7/c1-15(2)21-19(12-16-8-6-7-9-17(16)14-33-18-10-4-3-5-11-18)25(28-27-21)35-26-24(32)23(31)22(30)20(13-29)34-26/h3-11,15,20,22-24,26,29-32H,12-14H2,1-2H3,(H,27,28)/t20-,22-,23+,24-,26+/m1/s1. The van der Waals surface area contributed by atoms with Crippen LogP contribution in [0.2, 0.25) is 0 Å². The van der Waals surface area contributed by atoms with Crippen LogP contribution in [-0.4, -0.2) is 67.9 Å². The lowest BCUT2D eigenvalue weighted by molar-refractivity contribution is -0.278. The Morgan fingerprint density at radius 2 is 1.63 bits per heavy atom. The highest BCUT2D eigenvalue weighted by molar-refractivity contribution is 5.40. The maximum atomic E-state index is 10.4. The number of hydrogen-bond donors (Lipinski definition) is 5. The monoisotopic (exact) mass is 484 g/mol. The van der Waals surface area contributed by atoms with Gasteiger partial charge in [0, 0.05) is 17.7 Å². The van der Waals surface area contributed by atoms with Gasteiger partial charge in [-0.05, 0) is 29.2 Å². The zero-order valence-corrected chi connectivity index (χ0v) is 19.7. The Hall–Kier alpha value is -2.95. The molecule has 1 aliphatic heterocycles. The number of ether oxygens (including phenoxy) is 3. The van der Waals surface area contributed by atoms with Gasteiger partial charge in [-0.25, -0.2) is 0 Å². The van der Waals surface area contributed by atoms with E-state index in [-0.39, 0.29) is 11.8 Å². The van der Waals surface area contributed by atoms with Gasteiger partial charge in [-0.2, -0.15) is 0 Å². The largest absolute Gasteiger partial charge is 0.489 e. The van der Waals surface area contributed by atoms with Gasteiger partial charge in [-0.15, -0.1) is 5.10 Å². The van der Waals surface area contributed by atoms with E-state index in [1.165, 1.54) is 0 Å². The van der Waals surface area contributed by atoms with Crippen LogP contribution in [-0.2, 0) is 17.8 Å². The van der Waals surface area contributed by atoms with E-state index in [1.54, 1.807) is 0 Å². The van der Waals surface area contributed by atoms with E-state index in [9.17, 15) is 20.4 Å². The van der Waals surface area contributed by atoms with E-state index in [1.807, 2.05) is 68.4 Å². The first-order chi connectivity index (χ1) is 16.9. The number of H-pyrrole nitrogens is 1. The Balaban J connectivity index is 1.57. The molecular weight excluding hydrogens is 452 g/mol. The fraction of sp³-hybridized carbons (Fsp3) is 0.423. The van der Waals surface area contributed by atoms with Crippen molar-refractivity contribution in [2.24, 2.45) is 0 Å². The van der Waals surface area contributed by atoms with Crippen LogP contribution in [0.1, 0.15) is 42.1 Å². The van der Waals surface area contributed by atoms with Crippen molar-refractivity contribution in [1.29, 1.82) is 0 Å². The lowest BCUT2D eigenvalue weighted by atomic mass is 9.96. The highest BCUT2D eigenvalue weighted by Gasteiger charge is 2.45. The van der Waals surface area contributed by atoms with Crippen molar-refractivity contribution >= 4 is 0 Å². The molecule has 9 heteroatoms.